The molecule has 1 aromatic carbocycles. The molecule has 0 atom stereocenters. The fourth-order valence-electron chi connectivity index (χ4n) is 1.75. The minimum absolute atomic E-state index is 0.0225. The van der Waals surface area contributed by atoms with Crippen LogP contribution in [0.2, 0.25) is 0 Å². The maximum atomic E-state index is 12.0. The number of aliphatic hydroxyl groups is 1. The van der Waals surface area contributed by atoms with Crippen LogP contribution < -0.4 is 14.8 Å². The molecule has 1 aromatic rings. The van der Waals surface area contributed by atoms with Gasteiger partial charge in [0.25, 0.3) is 5.91 Å². The van der Waals surface area contributed by atoms with Crippen molar-refractivity contribution in [2.24, 2.45) is 0 Å². The van der Waals surface area contributed by atoms with Crippen molar-refractivity contribution >= 4 is 5.91 Å². The van der Waals surface area contributed by atoms with Crippen LogP contribution in [-0.2, 0) is 4.74 Å². The van der Waals surface area contributed by atoms with Crippen LogP contribution in [0.5, 0.6) is 11.5 Å². The largest absolute Gasteiger partial charge is 0.486 e. The van der Waals surface area contributed by atoms with Crippen molar-refractivity contribution in [3.05, 3.63) is 23.8 Å². The minimum atomic E-state index is -0.227. The van der Waals surface area contributed by atoms with E-state index in [2.05, 4.69) is 5.32 Å². The molecule has 1 amide bonds. The lowest BCUT2D eigenvalue weighted by molar-refractivity contribution is 0.0832. The van der Waals surface area contributed by atoms with Crippen LogP contribution in [0, 0.1) is 0 Å². The number of amides is 1. The van der Waals surface area contributed by atoms with Crippen LogP contribution in [0.15, 0.2) is 18.2 Å². The van der Waals surface area contributed by atoms with Crippen molar-refractivity contribution in [1.82, 2.24) is 5.32 Å². The Labute approximate surface area is 111 Å². The number of hydrogen-bond acceptors (Lipinski definition) is 5. The Balaban J connectivity index is 1.92. The molecule has 19 heavy (non-hydrogen) atoms. The number of aliphatic hydroxyl groups excluding tert-OH is 1. The van der Waals surface area contributed by atoms with Gasteiger partial charge < -0.3 is 24.6 Å². The molecule has 0 spiro atoms. The predicted octanol–water partition coefficient (Wildman–Crippen LogP) is 0.196. The maximum Gasteiger partial charge on any atom is 0.255 e. The van der Waals surface area contributed by atoms with Crippen molar-refractivity contribution < 1.29 is 24.1 Å². The number of fused-ring (bicyclic) bond motifs is 1. The second kappa shape index (κ2) is 6.96. The predicted molar refractivity (Wildman–Crippen MR) is 67.7 cm³/mol. The van der Waals surface area contributed by atoms with Gasteiger partial charge in [0, 0.05) is 6.54 Å². The Bertz CT molecular complexity index is 435. The molecule has 104 valence electrons. The summed E-state index contributed by atoms with van der Waals surface area (Å²) < 4.78 is 15.9. The number of nitrogens with one attached hydrogen (secondary N) is 1. The summed E-state index contributed by atoms with van der Waals surface area (Å²) in [6.45, 7) is 1.92. The van der Waals surface area contributed by atoms with Gasteiger partial charge in [0.2, 0.25) is 0 Å². The van der Waals surface area contributed by atoms with Gasteiger partial charge in [0.05, 0.1) is 25.4 Å². The minimum Gasteiger partial charge on any atom is -0.486 e. The second-order valence-electron chi connectivity index (χ2n) is 3.92. The first-order valence-electron chi connectivity index (χ1n) is 6.18. The van der Waals surface area contributed by atoms with Crippen LogP contribution in [0.1, 0.15) is 10.4 Å². The Morgan fingerprint density at radius 1 is 1.32 bits per heavy atom. The van der Waals surface area contributed by atoms with Gasteiger partial charge in [-0.1, -0.05) is 6.07 Å². The van der Waals surface area contributed by atoms with Crippen molar-refractivity contribution in [2.75, 3.05) is 39.6 Å². The quantitative estimate of drug-likeness (QED) is 0.720. The number of carbonyl (C=O) groups is 1. The van der Waals surface area contributed by atoms with Crippen molar-refractivity contribution in [3.63, 3.8) is 0 Å². The zero-order valence-electron chi connectivity index (χ0n) is 10.6. The fourth-order valence-corrected chi connectivity index (χ4v) is 1.75. The van der Waals surface area contributed by atoms with E-state index in [1.165, 1.54) is 0 Å². The normalized spacial score (nSPS) is 13.1. The highest BCUT2D eigenvalue weighted by Gasteiger charge is 2.19. The summed E-state index contributed by atoms with van der Waals surface area (Å²) in [6.07, 6.45) is 0. The molecule has 0 fully saturated rings. The second-order valence-corrected chi connectivity index (χ2v) is 3.92. The molecule has 2 rings (SSSR count). The van der Waals surface area contributed by atoms with Crippen molar-refractivity contribution in [3.8, 4) is 11.5 Å². The molecule has 0 aliphatic carbocycles. The zero-order valence-corrected chi connectivity index (χ0v) is 10.6. The number of ether oxygens (including phenoxy) is 3. The third-order valence-electron chi connectivity index (χ3n) is 2.58. The van der Waals surface area contributed by atoms with Gasteiger partial charge in [-0.05, 0) is 12.1 Å². The monoisotopic (exact) mass is 267 g/mol. The molecule has 0 unspecified atom stereocenters. The van der Waals surface area contributed by atoms with Crippen LogP contribution >= 0.6 is 0 Å². The van der Waals surface area contributed by atoms with Crippen molar-refractivity contribution in [1.29, 1.82) is 0 Å². The van der Waals surface area contributed by atoms with E-state index in [1.807, 2.05) is 0 Å². The van der Waals surface area contributed by atoms with Crippen molar-refractivity contribution in [2.45, 2.75) is 0 Å². The Morgan fingerprint density at radius 2 is 2.16 bits per heavy atom. The van der Waals surface area contributed by atoms with E-state index in [0.717, 1.165) is 0 Å². The molecule has 2 N–H and O–H groups in total. The molecule has 6 heteroatoms. The number of carbonyl (C=O) groups excluding carboxylic acids is 1. The van der Waals surface area contributed by atoms with E-state index < -0.39 is 0 Å². The molecular formula is C13H17NO5. The Hall–Kier alpha value is -1.79. The third-order valence-corrected chi connectivity index (χ3v) is 2.58. The van der Waals surface area contributed by atoms with Gasteiger partial charge in [0.15, 0.2) is 11.5 Å². The summed E-state index contributed by atoms with van der Waals surface area (Å²) in [5, 5.41) is 11.3. The molecule has 0 saturated carbocycles. The number of hydrogen-bond donors (Lipinski definition) is 2. The first-order valence-corrected chi connectivity index (χ1v) is 6.18. The van der Waals surface area contributed by atoms with Crippen LogP contribution in [-0.4, -0.2) is 50.6 Å². The summed E-state index contributed by atoms with van der Waals surface area (Å²) >= 11 is 0. The molecular weight excluding hydrogens is 250 g/mol. The van der Waals surface area contributed by atoms with Gasteiger partial charge in [0.1, 0.15) is 13.2 Å². The van der Waals surface area contributed by atoms with Gasteiger partial charge in [-0.25, -0.2) is 0 Å². The molecule has 0 saturated heterocycles. The van der Waals surface area contributed by atoms with E-state index in [1.54, 1.807) is 18.2 Å². The standard InChI is InChI=1S/C13H17NO5/c15-5-7-17-6-4-14-13(16)10-2-1-3-11-12(10)19-9-8-18-11/h1-3,15H,4-9H2,(H,14,16). The molecule has 1 aliphatic rings. The summed E-state index contributed by atoms with van der Waals surface area (Å²) in [7, 11) is 0. The van der Waals surface area contributed by atoms with Gasteiger partial charge >= 0.3 is 0 Å². The van der Waals surface area contributed by atoms with Gasteiger partial charge in [-0.15, -0.1) is 0 Å². The molecule has 0 radical (unpaired) electrons. The highest BCUT2D eigenvalue weighted by molar-refractivity contribution is 5.97. The van der Waals surface area contributed by atoms with E-state index in [-0.39, 0.29) is 19.1 Å². The SMILES string of the molecule is O=C(NCCOCCO)c1cccc2c1OCCO2. The van der Waals surface area contributed by atoms with E-state index in [0.29, 0.717) is 43.4 Å². The van der Waals surface area contributed by atoms with Gasteiger partial charge in [-0.3, -0.25) is 4.79 Å². The summed E-state index contributed by atoms with van der Waals surface area (Å²) in [5.41, 5.74) is 0.458. The van der Waals surface area contributed by atoms with Crippen LogP contribution in [0.3, 0.4) is 0 Å². The molecule has 0 bridgehead atoms. The molecule has 1 heterocycles. The summed E-state index contributed by atoms with van der Waals surface area (Å²) in [6, 6.07) is 5.22. The topological polar surface area (TPSA) is 77.0 Å². The average molecular weight is 267 g/mol. The Kier molecular flexibility index (Phi) is 5.00. The average Bonchev–Trinajstić information content (AvgIpc) is 2.46. The van der Waals surface area contributed by atoms with E-state index in [4.69, 9.17) is 19.3 Å². The first-order chi connectivity index (χ1) is 9.33. The molecule has 1 aliphatic heterocycles. The van der Waals surface area contributed by atoms with Crippen LogP contribution in [0.4, 0.5) is 0 Å². The molecule has 6 nitrogen and oxygen atoms in total. The number of rotatable bonds is 6. The highest BCUT2D eigenvalue weighted by atomic mass is 16.6. The lowest BCUT2D eigenvalue weighted by atomic mass is 10.1. The lowest BCUT2D eigenvalue weighted by Gasteiger charge is -2.20. The number of benzene rings is 1. The number of para-hydroxylation sites is 1. The third kappa shape index (κ3) is 3.59. The lowest BCUT2D eigenvalue weighted by Crippen LogP contribution is -2.29. The van der Waals surface area contributed by atoms with Gasteiger partial charge in [-0.2, -0.15) is 0 Å². The van der Waals surface area contributed by atoms with E-state index >= 15 is 0 Å². The highest BCUT2D eigenvalue weighted by Crippen LogP contribution is 2.33. The fraction of sp³-hybridized carbons (Fsp3) is 0.462. The summed E-state index contributed by atoms with van der Waals surface area (Å²) in [4.78, 5) is 12.0. The summed E-state index contributed by atoms with van der Waals surface area (Å²) in [5.74, 6) is 0.855. The smallest absolute Gasteiger partial charge is 0.255 e. The van der Waals surface area contributed by atoms with Crippen LogP contribution in [0.25, 0.3) is 0 Å². The zero-order chi connectivity index (χ0) is 13.5. The van der Waals surface area contributed by atoms with E-state index in [9.17, 15) is 4.79 Å². The maximum absolute atomic E-state index is 12.0. The first kappa shape index (κ1) is 13.6. The molecule has 0 aromatic heterocycles. The Morgan fingerprint density at radius 3 is 3.00 bits per heavy atom.